The van der Waals surface area contributed by atoms with Gasteiger partial charge < -0.3 is 20.3 Å². The Morgan fingerprint density at radius 2 is 1.77 bits per heavy atom. The van der Waals surface area contributed by atoms with E-state index in [0.29, 0.717) is 17.2 Å². The number of carbonyl (C=O) groups excluding carboxylic acids is 1. The molecule has 0 aliphatic carbocycles. The molecular formula is C22H23F3N5O4P. The topological polar surface area (TPSA) is 125 Å². The number of benzene rings is 2. The van der Waals surface area contributed by atoms with E-state index in [1.54, 1.807) is 18.2 Å². The fourth-order valence-electron chi connectivity index (χ4n) is 2.98. The van der Waals surface area contributed by atoms with E-state index in [-0.39, 0.29) is 30.4 Å². The van der Waals surface area contributed by atoms with Gasteiger partial charge in [-0.1, -0.05) is 12.1 Å². The fourth-order valence-corrected chi connectivity index (χ4v) is 4.13. The van der Waals surface area contributed by atoms with Gasteiger partial charge >= 0.3 is 6.18 Å². The summed E-state index contributed by atoms with van der Waals surface area (Å²) in [4.78, 5) is 24.4. The van der Waals surface area contributed by atoms with Crippen LogP contribution in [0.1, 0.15) is 15.9 Å². The minimum Gasteiger partial charge on any atom is -0.394 e. The van der Waals surface area contributed by atoms with Gasteiger partial charge in [0.25, 0.3) is 5.91 Å². The standard InChI is InChI=1S/C22H23F3N5O4P/c1-35(2,33)18-6-4-3-5-17(18)28-19-16(22(23,24)25)13-26-21(29-19)27-15-9-7-14(8-10-15)20(32)30-34-12-11-31/h3-10,13,31H,11-12H2,1-2H3,(H,30,32)(H2,26,27,28,29). The largest absolute Gasteiger partial charge is 0.421 e. The highest BCUT2D eigenvalue weighted by atomic mass is 31.2. The summed E-state index contributed by atoms with van der Waals surface area (Å²) in [5.41, 5.74) is 1.98. The second-order valence-corrected chi connectivity index (χ2v) is 10.8. The lowest BCUT2D eigenvalue weighted by atomic mass is 10.2. The molecule has 0 spiro atoms. The normalized spacial score (nSPS) is 11.7. The Morgan fingerprint density at radius 1 is 1.09 bits per heavy atom. The molecule has 35 heavy (non-hydrogen) atoms. The Labute approximate surface area is 199 Å². The number of halogens is 3. The summed E-state index contributed by atoms with van der Waals surface area (Å²) in [6.07, 6.45) is -4.08. The Morgan fingerprint density at radius 3 is 2.40 bits per heavy atom. The molecule has 0 saturated heterocycles. The smallest absolute Gasteiger partial charge is 0.394 e. The first kappa shape index (κ1) is 26.1. The van der Waals surface area contributed by atoms with Crippen LogP contribution in [0.4, 0.5) is 36.3 Å². The molecule has 0 atom stereocenters. The summed E-state index contributed by atoms with van der Waals surface area (Å²) in [7, 11) is -2.79. The molecule has 3 aromatic rings. The lowest BCUT2D eigenvalue weighted by Gasteiger charge is -2.18. The van der Waals surface area contributed by atoms with E-state index in [2.05, 4.69) is 26.1 Å². The highest BCUT2D eigenvalue weighted by Crippen LogP contribution is 2.40. The Kier molecular flexibility index (Phi) is 8.11. The molecule has 2 aromatic carbocycles. The van der Waals surface area contributed by atoms with Crippen LogP contribution in [-0.2, 0) is 15.6 Å². The maximum atomic E-state index is 13.6. The molecule has 0 fully saturated rings. The molecule has 0 unspecified atom stereocenters. The number of aliphatic hydroxyl groups is 1. The lowest BCUT2D eigenvalue weighted by Crippen LogP contribution is -2.25. The van der Waals surface area contributed by atoms with E-state index in [4.69, 9.17) is 9.94 Å². The van der Waals surface area contributed by atoms with Crippen molar-refractivity contribution in [2.75, 3.05) is 37.2 Å². The van der Waals surface area contributed by atoms with Crippen LogP contribution in [0.5, 0.6) is 0 Å². The molecule has 3 rings (SSSR count). The molecule has 0 radical (unpaired) electrons. The number of anilines is 4. The first-order valence-corrected chi connectivity index (χ1v) is 12.8. The molecule has 1 amide bonds. The lowest BCUT2D eigenvalue weighted by molar-refractivity contribution is -0.137. The number of alkyl halides is 3. The maximum Gasteiger partial charge on any atom is 0.421 e. The number of hydrogen-bond donors (Lipinski definition) is 4. The molecule has 4 N–H and O–H groups in total. The SMILES string of the molecule is CP(C)(=O)c1ccccc1Nc1nc(Nc2ccc(C(=O)NOCCO)cc2)ncc1C(F)(F)F. The Hall–Kier alpha value is -3.47. The van der Waals surface area contributed by atoms with Gasteiger partial charge in [0.2, 0.25) is 5.95 Å². The second-order valence-electron chi connectivity index (χ2n) is 7.65. The predicted molar refractivity (Wildman–Crippen MR) is 126 cm³/mol. The van der Waals surface area contributed by atoms with Crippen LogP contribution in [0.3, 0.4) is 0 Å². The van der Waals surface area contributed by atoms with Crippen LogP contribution >= 0.6 is 7.14 Å². The summed E-state index contributed by atoms with van der Waals surface area (Å²) < 4.78 is 53.5. The van der Waals surface area contributed by atoms with Crippen molar-refractivity contribution in [3.05, 3.63) is 65.9 Å². The van der Waals surface area contributed by atoms with Crippen molar-refractivity contribution in [1.82, 2.24) is 15.4 Å². The quantitative estimate of drug-likeness (QED) is 0.195. The van der Waals surface area contributed by atoms with Crippen molar-refractivity contribution in [2.24, 2.45) is 0 Å². The zero-order valence-electron chi connectivity index (χ0n) is 18.8. The average molecular weight is 509 g/mol. The first-order chi connectivity index (χ1) is 16.5. The summed E-state index contributed by atoms with van der Waals surface area (Å²) in [5.74, 6) is -1.17. The highest BCUT2D eigenvalue weighted by molar-refractivity contribution is 7.70. The van der Waals surface area contributed by atoms with Gasteiger partial charge in [-0.2, -0.15) is 18.2 Å². The number of hydroxylamine groups is 1. The second kappa shape index (κ2) is 10.9. The van der Waals surface area contributed by atoms with Crippen molar-refractivity contribution in [1.29, 1.82) is 0 Å². The first-order valence-electron chi connectivity index (χ1n) is 10.2. The number of carbonyl (C=O) groups is 1. The van der Waals surface area contributed by atoms with Crippen LogP contribution < -0.4 is 21.4 Å². The van der Waals surface area contributed by atoms with Gasteiger partial charge in [0.1, 0.15) is 18.5 Å². The third kappa shape index (κ3) is 7.01. The van der Waals surface area contributed by atoms with Crippen LogP contribution in [0.2, 0.25) is 0 Å². The molecule has 1 heterocycles. The molecule has 0 aliphatic rings. The number of aliphatic hydroxyl groups excluding tert-OH is 1. The van der Waals surface area contributed by atoms with Crippen LogP contribution in [0.25, 0.3) is 0 Å². The van der Waals surface area contributed by atoms with Crippen LogP contribution in [0, 0.1) is 0 Å². The number of aromatic nitrogens is 2. The number of nitrogens with one attached hydrogen (secondary N) is 3. The zero-order chi connectivity index (χ0) is 25.6. The molecule has 9 nitrogen and oxygen atoms in total. The minimum atomic E-state index is -4.73. The van der Waals surface area contributed by atoms with Gasteiger partial charge in [-0.05, 0) is 49.7 Å². The predicted octanol–water partition coefficient (Wildman–Crippen LogP) is 3.88. The van der Waals surface area contributed by atoms with Gasteiger partial charge in [-0.3, -0.25) is 9.63 Å². The molecule has 0 bridgehead atoms. The molecular weight excluding hydrogens is 486 g/mol. The van der Waals surface area contributed by atoms with Crippen molar-refractivity contribution in [3.8, 4) is 0 Å². The monoisotopic (exact) mass is 509 g/mol. The Balaban J connectivity index is 1.86. The van der Waals surface area contributed by atoms with Gasteiger partial charge in [0.05, 0.1) is 18.9 Å². The zero-order valence-corrected chi connectivity index (χ0v) is 19.7. The Bertz CT molecular complexity index is 1230. The number of para-hydroxylation sites is 1. The number of hydrogen-bond acceptors (Lipinski definition) is 8. The van der Waals surface area contributed by atoms with Gasteiger partial charge in [0.15, 0.2) is 0 Å². The van der Waals surface area contributed by atoms with Crippen molar-refractivity contribution >= 4 is 41.5 Å². The maximum absolute atomic E-state index is 13.6. The van der Waals surface area contributed by atoms with E-state index in [1.807, 2.05) is 0 Å². The molecule has 13 heteroatoms. The van der Waals surface area contributed by atoms with Crippen LogP contribution in [-0.4, -0.2) is 47.5 Å². The van der Waals surface area contributed by atoms with E-state index in [9.17, 15) is 22.5 Å². The highest BCUT2D eigenvalue weighted by Gasteiger charge is 2.35. The third-order valence-corrected chi connectivity index (χ3v) is 6.14. The number of amides is 1. The molecule has 0 saturated carbocycles. The van der Waals surface area contributed by atoms with Gasteiger partial charge in [-0.25, -0.2) is 10.5 Å². The van der Waals surface area contributed by atoms with Crippen molar-refractivity contribution in [2.45, 2.75) is 6.18 Å². The molecule has 1 aromatic heterocycles. The van der Waals surface area contributed by atoms with E-state index < -0.39 is 30.6 Å². The van der Waals surface area contributed by atoms with Crippen LogP contribution in [0.15, 0.2) is 54.7 Å². The fraction of sp³-hybridized carbons (Fsp3) is 0.227. The van der Waals surface area contributed by atoms with Crippen molar-refractivity contribution < 1.29 is 32.5 Å². The van der Waals surface area contributed by atoms with E-state index in [1.165, 1.54) is 43.7 Å². The minimum absolute atomic E-state index is 0.0639. The van der Waals surface area contributed by atoms with Gasteiger partial charge in [0, 0.05) is 22.8 Å². The number of rotatable bonds is 9. The third-order valence-electron chi connectivity index (χ3n) is 4.59. The summed E-state index contributed by atoms with van der Waals surface area (Å²) in [6, 6.07) is 12.3. The number of nitrogens with zero attached hydrogens (tertiary/aromatic N) is 2. The average Bonchev–Trinajstić information content (AvgIpc) is 2.79. The van der Waals surface area contributed by atoms with E-state index in [0.717, 1.165) is 0 Å². The summed E-state index contributed by atoms with van der Waals surface area (Å²) >= 11 is 0. The van der Waals surface area contributed by atoms with Gasteiger partial charge in [-0.15, -0.1) is 0 Å². The van der Waals surface area contributed by atoms with E-state index >= 15 is 0 Å². The van der Waals surface area contributed by atoms with Crippen molar-refractivity contribution in [3.63, 3.8) is 0 Å². The molecule has 186 valence electrons. The summed E-state index contributed by atoms with van der Waals surface area (Å²) in [5, 5.41) is 14.5. The summed E-state index contributed by atoms with van der Waals surface area (Å²) in [6.45, 7) is 2.72. The molecule has 0 aliphatic heterocycles.